The van der Waals surface area contributed by atoms with Crippen molar-refractivity contribution in [3.63, 3.8) is 0 Å². The summed E-state index contributed by atoms with van der Waals surface area (Å²) in [5.74, 6) is 1.75. The largest absolute Gasteiger partial charge is 0.493 e. The number of benzene rings is 1. The summed E-state index contributed by atoms with van der Waals surface area (Å²) < 4.78 is 21.9. The molecule has 1 saturated heterocycles. The first-order valence-electron chi connectivity index (χ1n) is 14.5. The normalized spacial score (nSPS) is 16.6. The lowest BCUT2D eigenvalue weighted by molar-refractivity contribution is -0.125. The Kier molecular flexibility index (Phi) is 21.5. The Morgan fingerprint density at radius 2 is 1.78 bits per heavy atom. The zero-order chi connectivity index (χ0) is 28.6. The lowest BCUT2D eigenvalue weighted by Crippen LogP contribution is -2.41. The molecule has 1 fully saturated rings. The Morgan fingerprint density at radius 1 is 1.07 bits per heavy atom. The number of nitrogens with zero attached hydrogens (tertiary/aromatic N) is 1. The first-order chi connectivity index (χ1) is 18.7. The first-order valence-corrected chi connectivity index (χ1v) is 14.5. The molecular formula is C30H55Cl2N3O6. The summed E-state index contributed by atoms with van der Waals surface area (Å²) in [6.07, 6.45) is 2.80. The van der Waals surface area contributed by atoms with Gasteiger partial charge in [0, 0.05) is 51.7 Å². The highest BCUT2D eigenvalue weighted by Gasteiger charge is 2.26. The maximum atomic E-state index is 12.6. The van der Waals surface area contributed by atoms with Crippen LogP contribution in [0, 0.1) is 17.8 Å². The van der Waals surface area contributed by atoms with Gasteiger partial charge in [0.15, 0.2) is 11.5 Å². The van der Waals surface area contributed by atoms with Gasteiger partial charge in [-0.05, 0) is 61.8 Å². The number of aliphatic hydroxyl groups excluding tert-OH is 1. The minimum absolute atomic E-state index is 0. The lowest BCUT2D eigenvalue weighted by Gasteiger charge is -2.28. The average molecular weight is 625 g/mol. The number of rotatable bonds is 19. The predicted molar refractivity (Wildman–Crippen MR) is 169 cm³/mol. The number of aliphatic hydroxyl groups is 1. The van der Waals surface area contributed by atoms with E-state index in [1.54, 1.807) is 14.2 Å². The summed E-state index contributed by atoms with van der Waals surface area (Å²) in [5, 5.41) is 13.9. The van der Waals surface area contributed by atoms with Crippen LogP contribution in [-0.4, -0.2) is 94.9 Å². The zero-order valence-electron chi connectivity index (χ0n) is 25.6. The molecule has 0 bridgehead atoms. The number of nitrogens with one attached hydrogen (secondary N) is 1. The van der Waals surface area contributed by atoms with Gasteiger partial charge >= 0.3 is 0 Å². The van der Waals surface area contributed by atoms with Crippen LogP contribution in [0.2, 0.25) is 0 Å². The van der Waals surface area contributed by atoms with E-state index >= 15 is 0 Å². The number of carbonyl (C=O) groups is 1. The van der Waals surface area contributed by atoms with Crippen LogP contribution in [0.1, 0.15) is 52.0 Å². The average Bonchev–Trinajstić information content (AvgIpc) is 2.93. The van der Waals surface area contributed by atoms with Gasteiger partial charge < -0.3 is 35.1 Å². The van der Waals surface area contributed by atoms with Gasteiger partial charge in [-0.1, -0.05) is 26.8 Å². The van der Waals surface area contributed by atoms with Crippen molar-refractivity contribution in [1.82, 2.24) is 10.2 Å². The molecular weight excluding hydrogens is 569 g/mol. The molecule has 240 valence electrons. The maximum Gasteiger partial charge on any atom is 0.222 e. The number of methoxy groups -OCH3 is 2. The minimum atomic E-state index is -0.740. The van der Waals surface area contributed by atoms with E-state index in [0.29, 0.717) is 44.3 Å². The molecule has 0 aromatic heterocycles. The number of carbonyl (C=O) groups excluding carboxylic acids is 1. The van der Waals surface area contributed by atoms with Gasteiger partial charge in [0.05, 0.1) is 33.0 Å². The van der Waals surface area contributed by atoms with Gasteiger partial charge in [-0.3, -0.25) is 9.69 Å². The summed E-state index contributed by atoms with van der Waals surface area (Å²) in [7, 11) is 3.32. The summed E-state index contributed by atoms with van der Waals surface area (Å²) in [4.78, 5) is 15.0. The van der Waals surface area contributed by atoms with Gasteiger partial charge in [0.25, 0.3) is 0 Å². The molecule has 1 aromatic rings. The van der Waals surface area contributed by atoms with Crippen LogP contribution in [0.4, 0.5) is 0 Å². The van der Waals surface area contributed by atoms with Crippen molar-refractivity contribution in [2.75, 3.05) is 66.8 Å². The first kappa shape index (κ1) is 39.7. The second kappa shape index (κ2) is 22.2. The monoisotopic (exact) mass is 623 g/mol. The highest BCUT2D eigenvalue weighted by atomic mass is 35.5. The SMILES string of the molecule is COCCCOc1cc(CC(CC(N)C(O)CC(C)C(=O)NCCCN2CCOCC2)C(C)C)ccc1OC.Cl.Cl. The van der Waals surface area contributed by atoms with Crippen molar-refractivity contribution in [1.29, 1.82) is 0 Å². The summed E-state index contributed by atoms with van der Waals surface area (Å²) in [6, 6.07) is 5.63. The molecule has 11 heteroatoms. The summed E-state index contributed by atoms with van der Waals surface area (Å²) in [5.41, 5.74) is 7.62. The van der Waals surface area contributed by atoms with Gasteiger partial charge in [-0.25, -0.2) is 0 Å². The van der Waals surface area contributed by atoms with E-state index in [0.717, 1.165) is 63.4 Å². The molecule has 0 radical (unpaired) electrons. The third-order valence-electron chi connectivity index (χ3n) is 7.58. The van der Waals surface area contributed by atoms with Crippen molar-refractivity contribution in [2.45, 2.75) is 65.0 Å². The number of ether oxygens (including phenoxy) is 4. The molecule has 41 heavy (non-hydrogen) atoms. The molecule has 4 atom stereocenters. The number of hydrogen-bond acceptors (Lipinski definition) is 8. The summed E-state index contributed by atoms with van der Waals surface area (Å²) in [6.45, 7) is 12.5. The Labute approximate surface area is 260 Å². The van der Waals surface area contributed by atoms with Gasteiger partial charge in [0.2, 0.25) is 5.91 Å². The van der Waals surface area contributed by atoms with Crippen LogP contribution >= 0.6 is 24.8 Å². The Morgan fingerprint density at radius 3 is 2.41 bits per heavy atom. The molecule has 0 saturated carbocycles. The number of amides is 1. The molecule has 1 aliphatic heterocycles. The van der Waals surface area contributed by atoms with Crippen molar-refractivity contribution >= 4 is 30.7 Å². The highest BCUT2D eigenvalue weighted by molar-refractivity contribution is 5.85. The third kappa shape index (κ3) is 15.1. The van der Waals surface area contributed by atoms with Crippen molar-refractivity contribution in [2.24, 2.45) is 23.5 Å². The molecule has 0 spiro atoms. The molecule has 9 nitrogen and oxygen atoms in total. The molecule has 1 heterocycles. The summed E-state index contributed by atoms with van der Waals surface area (Å²) >= 11 is 0. The molecule has 1 aliphatic rings. The fourth-order valence-corrected chi connectivity index (χ4v) is 4.90. The van der Waals surface area contributed by atoms with Crippen LogP contribution in [0.25, 0.3) is 0 Å². The maximum absolute atomic E-state index is 12.6. The zero-order valence-corrected chi connectivity index (χ0v) is 27.3. The smallest absolute Gasteiger partial charge is 0.222 e. The van der Waals surface area contributed by atoms with Crippen molar-refractivity contribution in [3.8, 4) is 11.5 Å². The van der Waals surface area contributed by atoms with E-state index < -0.39 is 12.1 Å². The van der Waals surface area contributed by atoms with Gasteiger partial charge in [0.1, 0.15) is 0 Å². The predicted octanol–water partition coefficient (Wildman–Crippen LogP) is 3.71. The quantitative estimate of drug-likeness (QED) is 0.200. The Bertz CT molecular complexity index is 829. The molecule has 4 unspecified atom stereocenters. The highest BCUT2D eigenvalue weighted by Crippen LogP contribution is 2.31. The van der Waals surface area contributed by atoms with Crippen LogP contribution < -0.4 is 20.5 Å². The van der Waals surface area contributed by atoms with E-state index in [1.807, 2.05) is 19.1 Å². The van der Waals surface area contributed by atoms with Crippen LogP contribution in [0.3, 0.4) is 0 Å². The fourth-order valence-electron chi connectivity index (χ4n) is 4.90. The standard InChI is InChI=1S/C30H53N3O6.2ClH/c1-22(2)25(19-24-8-9-28(37-5)29(20-24)39-15-7-14-36-4)21-26(31)27(34)18-23(3)30(35)32-10-6-11-33-12-16-38-17-13-33;;/h8-9,20,22-23,25-27,34H,6-7,10-19,21,31H2,1-5H3,(H,32,35);2*1H. The number of nitrogens with two attached hydrogens (primary N) is 1. The minimum Gasteiger partial charge on any atom is -0.493 e. The van der Waals surface area contributed by atoms with E-state index in [2.05, 4.69) is 30.1 Å². The molecule has 1 amide bonds. The van der Waals surface area contributed by atoms with Crippen LogP contribution in [-0.2, 0) is 20.7 Å². The fraction of sp³-hybridized carbons (Fsp3) is 0.767. The van der Waals surface area contributed by atoms with Crippen LogP contribution in [0.5, 0.6) is 11.5 Å². The lowest BCUT2D eigenvalue weighted by atomic mass is 9.82. The molecule has 1 aromatic carbocycles. The van der Waals surface area contributed by atoms with E-state index in [9.17, 15) is 9.90 Å². The van der Waals surface area contributed by atoms with Crippen LogP contribution in [0.15, 0.2) is 18.2 Å². The number of morpholine rings is 1. The molecule has 4 N–H and O–H groups in total. The van der Waals surface area contributed by atoms with Crippen molar-refractivity contribution < 1.29 is 28.8 Å². The third-order valence-corrected chi connectivity index (χ3v) is 7.58. The number of hydrogen-bond donors (Lipinski definition) is 3. The van der Waals surface area contributed by atoms with E-state index in [1.165, 1.54) is 0 Å². The van der Waals surface area contributed by atoms with Gasteiger partial charge in [-0.15, -0.1) is 24.8 Å². The molecule has 0 aliphatic carbocycles. The second-order valence-electron chi connectivity index (χ2n) is 11.1. The second-order valence-corrected chi connectivity index (χ2v) is 11.1. The molecule has 2 rings (SSSR count). The van der Waals surface area contributed by atoms with Crippen molar-refractivity contribution in [3.05, 3.63) is 23.8 Å². The number of halogens is 2. The Balaban J connectivity index is 0.00000800. The van der Waals surface area contributed by atoms with Gasteiger partial charge in [-0.2, -0.15) is 0 Å². The topological polar surface area (TPSA) is 116 Å². The van der Waals surface area contributed by atoms with E-state index in [4.69, 9.17) is 24.7 Å². The van der Waals surface area contributed by atoms with E-state index in [-0.39, 0.29) is 42.6 Å². The Hall–Kier alpha value is -1.33.